The van der Waals surface area contributed by atoms with E-state index in [1.807, 2.05) is 13.8 Å². The molecule has 0 spiro atoms. The molecule has 0 fully saturated rings. The van der Waals surface area contributed by atoms with E-state index in [4.69, 9.17) is 51.1 Å². The maximum absolute atomic E-state index is 13.1. The van der Waals surface area contributed by atoms with Crippen molar-refractivity contribution < 1.29 is 14.3 Å². The van der Waals surface area contributed by atoms with Crippen molar-refractivity contribution in [1.29, 1.82) is 0 Å². The Morgan fingerprint density at radius 2 is 1.74 bits per heavy atom. The summed E-state index contributed by atoms with van der Waals surface area (Å²) in [7, 11) is 0. The average molecular weight is 506 g/mol. The Labute approximate surface area is 202 Å². The first-order valence-electron chi connectivity index (χ1n) is 9.85. The van der Waals surface area contributed by atoms with E-state index in [9.17, 15) is 9.59 Å². The molecule has 2 aromatic rings. The fraction of sp³-hybridized carbons (Fsp3) is 0.364. The Morgan fingerprint density at radius 1 is 1.00 bits per heavy atom. The second-order valence-electron chi connectivity index (χ2n) is 6.85. The largest absolute Gasteiger partial charge is 0.482 e. The van der Waals surface area contributed by atoms with Gasteiger partial charge in [-0.05, 0) is 48.7 Å². The SMILES string of the molecule is CCCNC(=O)[C@@H](CC)N(Cc1ccc(Cl)c(Cl)c1)C(=O)COc1ccc(Cl)cc1Cl. The molecule has 0 unspecified atom stereocenters. The lowest BCUT2D eigenvalue weighted by Crippen LogP contribution is -2.50. The van der Waals surface area contributed by atoms with Gasteiger partial charge >= 0.3 is 0 Å². The van der Waals surface area contributed by atoms with Gasteiger partial charge in [0.1, 0.15) is 11.8 Å². The number of amides is 2. The Bertz CT molecular complexity index is 924. The number of benzene rings is 2. The summed E-state index contributed by atoms with van der Waals surface area (Å²) in [6, 6.07) is 9.17. The molecule has 2 rings (SSSR count). The van der Waals surface area contributed by atoms with Gasteiger partial charge in [-0.3, -0.25) is 9.59 Å². The summed E-state index contributed by atoms with van der Waals surface area (Å²) in [6.07, 6.45) is 1.23. The van der Waals surface area contributed by atoms with E-state index >= 15 is 0 Å². The van der Waals surface area contributed by atoms with Crippen molar-refractivity contribution in [2.45, 2.75) is 39.3 Å². The van der Waals surface area contributed by atoms with Gasteiger partial charge in [0.05, 0.1) is 15.1 Å². The zero-order valence-corrected chi connectivity index (χ0v) is 20.3. The Balaban J connectivity index is 2.24. The van der Waals surface area contributed by atoms with Gasteiger partial charge in [0.2, 0.25) is 5.91 Å². The fourth-order valence-corrected chi connectivity index (χ4v) is 3.72. The molecular formula is C22H24Cl4N2O3. The zero-order valence-electron chi connectivity index (χ0n) is 17.3. The van der Waals surface area contributed by atoms with Gasteiger partial charge in [0.15, 0.2) is 6.61 Å². The molecule has 1 atom stereocenters. The monoisotopic (exact) mass is 504 g/mol. The molecule has 31 heavy (non-hydrogen) atoms. The molecule has 9 heteroatoms. The Hall–Kier alpha value is -1.66. The van der Waals surface area contributed by atoms with E-state index in [1.54, 1.807) is 30.3 Å². The molecule has 0 bridgehead atoms. The fourth-order valence-electron chi connectivity index (χ4n) is 2.93. The normalized spacial score (nSPS) is 11.7. The Kier molecular flexibility index (Phi) is 10.2. The van der Waals surface area contributed by atoms with E-state index in [0.717, 1.165) is 12.0 Å². The highest BCUT2D eigenvalue weighted by Gasteiger charge is 2.29. The summed E-state index contributed by atoms with van der Waals surface area (Å²) < 4.78 is 5.61. The van der Waals surface area contributed by atoms with Gasteiger partial charge in [-0.15, -0.1) is 0 Å². The van der Waals surface area contributed by atoms with Crippen LogP contribution in [0.4, 0.5) is 0 Å². The average Bonchev–Trinajstić information content (AvgIpc) is 2.73. The van der Waals surface area contributed by atoms with E-state index in [0.29, 0.717) is 38.8 Å². The van der Waals surface area contributed by atoms with Crippen molar-refractivity contribution in [3.63, 3.8) is 0 Å². The van der Waals surface area contributed by atoms with Crippen LogP contribution < -0.4 is 10.1 Å². The van der Waals surface area contributed by atoms with Crippen LogP contribution in [0.1, 0.15) is 32.3 Å². The predicted molar refractivity (Wildman–Crippen MR) is 126 cm³/mol. The number of nitrogens with one attached hydrogen (secondary N) is 1. The van der Waals surface area contributed by atoms with Gasteiger partial charge in [-0.1, -0.05) is 66.3 Å². The number of ether oxygens (including phenoxy) is 1. The maximum atomic E-state index is 13.1. The second kappa shape index (κ2) is 12.4. The maximum Gasteiger partial charge on any atom is 0.261 e. The zero-order chi connectivity index (χ0) is 23.0. The lowest BCUT2D eigenvalue weighted by atomic mass is 10.1. The molecule has 5 nitrogen and oxygen atoms in total. The number of halogens is 4. The van der Waals surface area contributed by atoms with Crippen molar-refractivity contribution in [1.82, 2.24) is 10.2 Å². The van der Waals surface area contributed by atoms with Crippen LogP contribution in [0, 0.1) is 0 Å². The van der Waals surface area contributed by atoms with Crippen LogP contribution >= 0.6 is 46.4 Å². The number of rotatable bonds is 10. The van der Waals surface area contributed by atoms with Crippen molar-refractivity contribution in [2.75, 3.05) is 13.2 Å². The first kappa shape index (κ1) is 25.6. The van der Waals surface area contributed by atoms with E-state index in [1.165, 1.54) is 11.0 Å². The molecule has 2 amide bonds. The van der Waals surface area contributed by atoms with Crippen LogP contribution in [0.2, 0.25) is 20.1 Å². The molecule has 0 aliphatic rings. The van der Waals surface area contributed by atoms with Crippen LogP contribution in [0.3, 0.4) is 0 Å². The molecule has 168 valence electrons. The van der Waals surface area contributed by atoms with Gasteiger partial charge in [-0.25, -0.2) is 0 Å². The molecular weight excluding hydrogens is 482 g/mol. The summed E-state index contributed by atoms with van der Waals surface area (Å²) in [5.41, 5.74) is 0.744. The molecule has 0 heterocycles. The van der Waals surface area contributed by atoms with Crippen LogP contribution in [0.15, 0.2) is 36.4 Å². The minimum Gasteiger partial charge on any atom is -0.482 e. The third-order valence-electron chi connectivity index (χ3n) is 4.52. The molecule has 1 N–H and O–H groups in total. The Morgan fingerprint density at radius 3 is 2.35 bits per heavy atom. The lowest BCUT2D eigenvalue weighted by molar-refractivity contribution is -0.143. The molecule has 0 aliphatic heterocycles. The third kappa shape index (κ3) is 7.46. The quantitative estimate of drug-likeness (QED) is 0.430. The van der Waals surface area contributed by atoms with E-state index < -0.39 is 6.04 Å². The molecule has 0 aromatic heterocycles. The highest BCUT2D eigenvalue weighted by molar-refractivity contribution is 6.42. The van der Waals surface area contributed by atoms with E-state index in [-0.39, 0.29) is 25.0 Å². The van der Waals surface area contributed by atoms with Crippen molar-refractivity contribution in [3.8, 4) is 5.75 Å². The molecule has 0 saturated heterocycles. The molecule has 0 radical (unpaired) electrons. The van der Waals surface area contributed by atoms with Crippen molar-refractivity contribution in [2.24, 2.45) is 0 Å². The lowest BCUT2D eigenvalue weighted by Gasteiger charge is -2.30. The summed E-state index contributed by atoms with van der Waals surface area (Å²) in [5, 5.41) is 4.40. The topological polar surface area (TPSA) is 58.6 Å². The minimum absolute atomic E-state index is 0.172. The minimum atomic E-state index is -0.669. The van der Waals surface area contributed by atoms with Gasteiger partial charge in [0, 0.05) is 18.1 Å². The highest BCUT2D eigenvalue weighted by atomic mass is 35.5. The van der Waals surface area contributed by atoms with Crippen LogP contribution in [0.25, 0.3) is 0 Å². The number of hydrogen-bond acceptors (Lipinski definition) is 3. The molecule has 0 aliphatic carbocycles. The van der Waals surface area contributed by atoms with Crippen molar-refractivity contribution >= 4 is 58.2 Å². The summed E-state index contributed by atoms with van der Waals surface area (Å²) in [4.78, 5) is 27.3. The van der Waals surface area contributed by atoms with Crippen LogP contribution in [-0.4, -0.2) is 35.9 Å². The molecule has 2 aromatic carbocycles. The number of nitrogens with zero attached hydrogens (tertiary/aromatic N) is 1. The number of carbonyl (C=O) groups excluding carboxylic acids is 2. The predicted octanol–water partition coefficient (Wildman–Crippen LogP) is 6.01. The summed E-state index contributed by atoms with van der Waals surface area (Å²) >= 11 is 24.2. The summed E-state index contributed by atoms with van der Waals surface area (Å²) in [6.45, 7) is 4.22. The number of carbonyl (C=O) groups is 2. The number of hydrogen-bond donors (Lipinski definition) is 1. The molecule has 0 saturated carbocycles. The second-order valence-corrected chi connectivity index (χ2v) is 8.51. The smallest absolute Gasteiger partial charge is 0.261 e. The van der Waals surface area contributed by atoms with Crippen molar-refractivity contribution in [3.05, 3.63) is 62.1 Å². The third-order valence-corrected chi connectivity index (χ3v) is 5.79. The van der Waals surface area contributed by atoms with Gasteiger partial charge in [-0.2, -0.15) is 0 Å². The summed E-state index contributed by atoms with van der Waals surface area (Å²) in [5.74, 6) is -0.254. The first-order valence-corrected chi connectivity index (χ1v) is 11.4. The van der Waals surface area contributed by atoms with Gasteiger partial charge < -0.3 is 15.0 Å². The highest BCUT2D eigenvalue weighted by Crippen LogP contribution is 2.28. The van der Waals surface area contributed by atoms with Gasteiger partial charge in [0.25, 0.3) is 5.91 Å². The van der Waals surface area contributed by atoms with E-state index in [2.05, 4.69) is 5.32 Å². The standard InChI is InChI=1S/C22H24Cl4N2O3/c1-3-9-27-22(30)19(4-2)28(12-14-5-7-16(24)17(25)10-14)21(29)13-31-20-8-6-15(23)11-18(20)26/h5-8,10-11,19H,3-4,9,12-13H2,1-2H3,(H,27,30)/t19-/m1/s1. The van der Waals surface area contributed by atoms with Crippen LogP contribution in [0.5, 0.6) is 5.75 Å². The van der Waals surface area contributed by atoms with Crippen LogP contribution in [-0.2, 0) is 16.1 Å². The first-order chi connectivity index (χ1) is 14.8.